The largest absolute Gasteiger partial charge is 0.401 e. The molecule has 0 atom stereocenters. The predicted molar refractivity (Wildman–Crippen MR) is 92.0 cm³/mol. The van der Waals surface area contributed by atoms with Crippen LogP contribution in [0.5, 0.6) is 0 Å². The second kappa shape index (κ2) is 8.16. The maximum Gasteiger partial charge on any atom is 0.401 e. The third kappa shape index (κ3) is 6.30. The third-order valence-electron chi connectivity index (χ3n) is 4.22. The minimum absolute atomic E-state index is 0.188. The van der Waals surface area contributed by atoms with E-state index in [1.54, 1.807) is 0 Å². The van der Waals surface area contributed by atoms with Crippen molar-refractivity contribution in [3.8, 4) is 0 Å². The first-order valence-corrected chi connectivity index (χ1v) is 8.60. The number of nitrogens with zero attached hydrogens (tertiary/aromatic N) is 5. The first-order chi connectivity index (χ1) is 11.6. The zero-order valence-electron chi connectivity index (χ0n) is 15.3. The Labute approximate surface area is 146 Å². The number of nitrogens with one attached hydrogen (secondary N) is 1. The van der Waals surface area contributed by atoms with E-state index in [-0.39, 0.29) is 5.92 Å². The fourth-order valence-corrected chi connectivity index (χ4v) is 2.76. The lowest BCUT2D eigenvalue weighted by Gasteiger charge is -2.32. The van der Waals surface area contributed by atoms with Gasteiger partial charge in [0.1, 0.15) is 5.82 Å². The molecule has 6 nitrogen and oxygen atoms in total. The topological polar surface area (TPSA) is 57.2 Å². The van der Waals surface area contributed by atoms with Gasteiger partial charge < -0.3 is 10.2 Å². The van der Waals surface area contributed by atoms with E-state index in [1.165, 1.54) is 4.90 Å². The van der Waals surface area contributed by atoms with Gasteiger partial charge in [-0.05, 0) is 31.8 Å². The standard InChI is InChI=1S/C16H27F3N6/c1-11(2)13-21-14(23-15(22-13)24(3)4)20-9-12-5-7-25(8-6-12)10-16(17,18)19/h11-12H,5-10H2,1-4H3,(H,20,21,22,23). The number of hydrogen-bond donors (Lipinski definition) is 1. The Balaban J connectivity index is 1.89. The van der Waals surface area contributed by atoms with Crippen LogP contribution in [0.2, 0.25) is 0 Å². The summed E-state index contributed by atoms with van der Waals surface area (Å²) in [5.74, 6) is 2.36. The molecule has 0 spiro atoms. The van der Waals surface area contributed by atoms with Crippen LogP contribution in [0.15, 0.2) is 0 Å². The molecule has 0 bridgehead atoms. The number of halogens is 3. The van der Waals surface area contributed by atoms with Crippen LogP contribution in [0.3, 0.4) is 0 Å². The highest BCUT2D eigenvalue weighted by Crippen LogP contribution is 2.23. The summed E-state index contributed by atoms with van der Waals surface area (Å²) in [6.07, 6.45) is -2.64. The number of anilines is 2. The van der Waals surface area contributed by atoms with E-state index in [9.17, 15) is 13.2 Å². The van der Waals surface area contributed by atoms with Gasteiger partial charge in [-0.1, -0.05) is 13.8 Å². The van der Waals surface area contributed by atoms with Crippen LogP contribution >= 0.6 is 0 Å². The summed E-state index contributed by atoms with van der Waals surface area (Å²) in [6.45, 7) is 4.84. The maximum atomic E-state index is 12.4. The van der Waals surface area contributed by atoms with E-state index in [4.69, 9.17) is 0 Å². The van der Waals surface area contributed by atoms with Crippen LogP contribution in [-0.2, 0) is 0 Å². The predicted octanol–water partition coefficient (Wildman–Crippen LogP) is 2.75. The summed E-state index contributed by atoms with van der Waals surface area (Å²) >= 11 is 0. The Kier molecular flexibility index (Phi) is 6.42. The molecule has 1 N–H and O–H groups in total. The molecule has 0 aliphatic carbocycles. The van der Waals surface area contributed by atoms with Crippen LogP contribution < -0.4 is 10.2 Å². The fraction of sp³-hybridized carbons (Fsp3) is 0.812. The van der Waals surface area contributed by atoms with Gasteiger partial charge in [0.25, 0.3) is 0 Å². The molecule has 2 rings (SSSR count). The molecule has 0 aromatic carbocycles. The fourth-order valence-electron chi connectivity index (χ4n) is 2.76. The van der Waals surface area contributed by atoms with E-state index < -0.39 is 12.7 Å². The van der Waals surface area contributed by atoms with Gasteiger partial charge in [-0.15, -0.1) is 0 Å². The van der Waals surface area contributed by atoms with Crippen LogP contribution in [0.1, 0.15) is 38.4 Å². The molecule has 1 aliphatic heterocycles. The van der Waals surface area contributed by atoms with Crippen LogP contribution in [0.25, 0.3) is 0 Å². The Morgan fingerprint density at radius 2 is 1.80 bits per heavy atom. The van der Waals surface area contributed by atoms with Gasteiger partial charge in [0.2, 0.25) is 11.9 Å². The first-order valence-electron chi connectivity index (χ1n) is 8.60. The highest BCUT2D eigenvalue weighted by Gasteiger charge is 2.32. The first kappa shape index (κ1) is 19.7. The van der Waals surface area contributed by atoms with Crippen molar-refractivity contribution in [1.29, 1.82) is 0 Å². The molecule has 0 unspecified atom stereocenters. The highest BCUT2D eigenvalue weighted by molar-refractivity contribution is 5.36. The summed E-state index contributed by atoms with van der Waals surface area (Å²) < 4.78 is 37.3. The van der Waals surface area contributed by atoms with E-state index in [2.05, 4.69) is 20.3 Å². The van der Waals surface area contributed by atoms with Crippen molar-refractivity contribution >= 4 is 11.9 Å². The minimum atomic E-state index is -4.12. The number of piperidine rings is 1. The monoisotopic (exact) mass is 360 g/mol. The number of alkyl halides is 3. The number of hydrogen-bond acceptors (Lipinski definition) is 6. The second-order valence-electron chi connectivity index (χ2n) is 7.08. The van der Waals surface area contributed by atoms with Crippen molar-refractivity contribution < 1.29 is 13.2 Å². The van der Waals surface area contributed by atoms with Crippen molar-refractivity contribution in [3.05, 3.63) is 5.82 Å². The SMILES string of the molecule is CC(C)c1nc(NCC2CCN(CC(F)(F)F)CC2)nc(N(C)C)n1. The van der Waals surface area contributed by atoms with Crippen molar-refractivity contribution in [2.75, 3.05) is 50.5 Å². The van der Waals surface area contributed by atoms with E-state index in [0.717, 1.165) is 18.7 Å². The lowest BCUT2D eigenvalue weighted by molar-refractivity contribution is -0.148. The third-order valence-corrected chi connectivity index (χ3v) is 4.22. The summed E-state index contributed by atoms with van der Waals surface area (Å²) in [6, 6.07) is 0. The molecule has 1 saturated heterocycles. The van der Waals surface area contributed by atoms with Crippen molar-refractivity contribution in [1.82, 2.24) is 19.9 Å². The van der Waals surface area contributed by atoms with E-state index in [0.29, 0.717) is 37.4 Å². The molecule has 1 aromatic rings. The van der Waals surface area contributed by atoms with Gasteiger partial charge in [-0.2, -0.15) is 28.1 Å². The van der Waals surface area contributed by atoms with Crippen LogP contribution in [-0.4, -0.2) is 66.3 Å². The average molecular weight is 360 g/mol. The smallest absolute Gasteiger partial charge is 0.354 e. The van der Waals surface area contributed by atoms with E-state index >= 15 is 0 Å². The van der Waals surface area contributed by atoms with E-state index in [1.807, 2.05) is 32.8 Å². The molecule has 25 heavy (non-hydrogen) atoms. The normalized spacial score (nSPS) is 17.1. The Morgan fingerprint density at radius 1 is 1.16 bits per heavy atom. The number of likely N-dealkylation sites (tertiary alicyclic amines) is 1. The lowest BCUT2D eigenvalue weighted by atomic mass is 9.97. The van der Waals surface area contributed by atoms with Crippen molar-refractivity contribution in [3.63, 3.8) is 0 Å². The Bertz CT molecular complexity index is 527. The second-order valence-corrected chi connectivity index (χ2v) is 7.08. The van der Waals surface area contributed by atoms with Gasteiger partial charge in [-0.3, -0.25) is 4.90 Å². The Morgan fingerprint density at radius 3 is 2.32 bits per heavy atom. The summed E-state index contributed by atoms with van der Waals surface area (Å²) in [5.41, 5.74) is 0. The molecule has 1 aliphatic rings. The average Bonchev–Trinajstić information content (AvgIpc) is 2.52. The van der Waals surface area contributed by atoms with Gasteiger partial charge in [0.05, 0.1) is 6.54 Å². The lowest BCUT2D eigenvalue weighted by Crippen LogP contribution is -2.41. The van der Waals surface area contributed by atoms with Crippen LogP contribution in [0.4, 0.5) is 25.1 Å². The molecule has 0 amide bonds. The Hall–Kier alpha value is -1.64. The van der Waals surface area contributed by atoms with Gasteiger partial charge in [0.15, 0.2) is 0 Å². The van der Waals surface area contributed by atoms with Gasteiger partial charge in [0, 0.05) is 26.6 Å². The zero-order chi connectivity index (χ0) is 18.6. The number of aromatic nitrogens is 3. The minimum Gasteiger partial charge on any atom is -0.354 e. The number of rotatable bonds is 6. The summed E-state index contributed by atoms with van der Waals surface area (Å²) in [5, 5.41) is 3.24. The van der Waals surface area contributed by atoms with Crippen molar-refractivity contribution in [2.24, 2.45) is 5.92 Å². The summed E-state index contributed by atoms with van der Waals surface area (Å²) in [7, 11) is 3.75. The molecular weight excluding hydrogens is 333 g/mol. The van der Waals surface area contributed by atoms with Crippen LogP contribution in [0, 0.1) is 5.92 Å². The molecule has 0 radical (unpaired) electrons. The zero-order valence-corrected chi connectivity index (χ0v) is 15.3. The highest BCUT2D eigenvalue weighted by atomic mass is 19.4. The molecule has 0 saturated carbocycles. The molecule has 9 heteroatoms. The van der Waals surface area contributed by atoms with Gasteiger partial charge in [-0.25, -0.2) is 0 Å². The molecule has 142 valence electrons. The molecule has 1 aromatic heterocycles. The molecular formula is C16H27F3N6. The molecule has 2 heterocycles. The maximum absolute atomic E-state index is 12.4. The van der Waals surface area contributed by atoms with Crippen molar-refractivity contribution in [2.45, 2.75) is 38.8 Å². The quantitative estimate of drug-likeness (QED) is 0.842. The van der Waals surface area contributed by atoms with Gasteiger partial charge >= 0.3 is 6.18 Å². The molecule has 1 fully saturated rings. The summed E-state index contributed by atoms with van der Waals surface area (Å²) in [4.78, 5) is 16.6.